The van der Waals surface area contributed by atoms with E-state index in [2.05, 4.69) is 13.8 Å². The Morgan fingerprint density at radius 2 is 0.881 bits per heavy atom. The maximum Gasteiger partial charge on any atom is 0.164 e. The van der Waals surface area contributed by atoms with Crippen molar-refractivity contribution in [3.63, 3.8) is 0 Å². The van der Waals surface area contributed by atoms with E-state index in [1.807, 2.05) is 21.1 Å². The van der Waals surface area contributed by atoms with E-state index in [4.69, 9.17) is 0 Å². The number of aliphatic hydroxyl groups excluding tert-OH is 1. The minimum Gasteiger partial charge on any atom is -0.383 e. The summed E-state index contributed by atoms with van der Waals surface area (Å²) in [4.78, 5) is 26.3. The average molecular weight is 613 g/mol. The van der Waals surface area contributed by atoms with Crippen LogP contribution in [0.5, 0.6) is 0 Å². The molecule has 0 amide bonds. The molecule has 0 aromatic carbocycles. The lowest BCUT2D eigenvalue weighted by molar-refractivity contribution is -0.871. The van der Waals surface area contributed by atoms with E-state index in [1.165, 1.54) is 135 Å². The fourth-order valence-corrected chi connectivity index (χ4v) is 7.42. The average Bonchev–Trinajstić information content (AvgIpc) is 2.92. The summed E-state index contributed by atoms with van der Waals surface area (Å²) in [5.41, 5.74) is -0.00201. The van der Waals surface area contributed by atoms with Gasteiger partial charge in [-0.15, -0.1) is 0 Å². The van der Waals surface area contributed by atoms with Gasteiger partial charge in [-0.25, -0.2) is 0 Å². The van der Waals surface area contributed by atoms with Crippen LogP contribution in [0.3, 0.4) is 0 Å². The first kappa shape index (κ1) is 41.7. The van der Waals surface area contributed by atoms with Crippen molar-refractivity contribution in [3.05, 3.63) is 0 Å². The van der Waals surface area contributed by atoms with E-state index >= 15 is 0 Å². The highest BCUT2D eigenvalue weighted by atomic mass is 31.1. The summed E-state index contributed by atoms with van der Waals surface area (Å²) in [6.45, 7) is 5.08. The number of hydrogen-bond acceptors (Lipinski definition) is 3. The number of quaternary nitrogens is 1. The maximum absolute atomic E-state index is 13.2. The molecule has 250 valence electrons. The van der Waals surface area contributed by atoms with Gasteiger partial charge in [-0.05, 0) is 21.4 Å². The van der Waals surface area contributed by atoms with Crippen molar-refractivity contribution in [1.29, 1.82) is 0 Å². The smallest absolute Gasteiger partial charge is 0.164 e. The molecule has 0 aliphatic heterocycles. The predicted molar refractivity (Wildman–Crippen MR) is 187 cm³/mol. The highest BCUT2D eigenvalue weighted by Gasteiger charge is 2.28. The fourth-order valence-electron chi connectivity index (χ4n) is 5.95. The van der Waals surface area contributed by atoms with E-state index in [-0.39, 0.29) is 19.9 Å². The second kappa shape index (κ2) is 29.4. The third-order valence-electron chi connectivity index (χ3n) is 8.61. The second-order valence-corrected chi connectivity index (χ2v) is 15.6. The van der Waals surface area contributed by atoms with Gasteiger partial charge in [0.25, 0.3) is 0 Å². The summed E-state index contributed by atoms with van der Waals surface area (Å²) in [5, 5.41) is 10.5. The van der Waals surface area contributed by atoms with Crippen LogP contribution in [0, 0.1) is 5.92 Å². The van der Waals surface area contributed by atoms with E-state index in [1.54, 1.807) is 0 Å². The van der Waals surface area contributed by atoms with Crippen molar-refractivity contribution < 1.29 is 19.2 Å². The Hall–Kier alpha value is -0.310. The van der Waals surface area contributed by atoms with Gasteiger partial charge >= 0.3 is 0 Å². The SMILES string of the molecule is CCCCCCCCCCCCCCCCCC(=O)C(CCCCCCCCCCCC)C(=O)PC(O)C[N+](C)(C)C. The molecule has 0 saturated carbocycles. The molecule has 0 aromatic heterocycles. The predicted octanol–water partition coefficient (Wildman–Crippen LogP) is 11.0. The van der Waals surface area contributed by atoms with Crippen LogP contribution in [0.4, 0.5) is 0 Å². The topological polar surface area (TPSA) is 54.4 Å². The number of carbonyl (C=O) groups is 2. The van der Waals surface area contributed by atoms with Crippen molar-refractivity contribution in [2.45, 2.75) is 193 Å². The molecular weight excluding hydrogens is 537 g/mol. The molecule has 0 radical (unpaired) electrons. The third kappa shape index (κ3) is 28.5. The minimum absolute atomic E-state index is 0.00201. The van der Waals surface area contributed by atoms with Crippen LogP contribution in [-0.4, -0.2) is 54.4 Å². The Morgan fingerprint density at radius 3 is 1.24 bits per heavy atom. The molecule has 4 nitrogen and oxygen atoms in total. The number of rotatable bonds is 33. The highest BCUT2D eigenvalue weighted by Crippen LogP contribution is 2.29. The number of hydrogen-bond donors (Lipinski definition) is 1. The van der Waals surface area contributed by atoms with Gasteiger partial charge in [-0.1, -0.05) is 168 Å². The quantitative estimate of drug-likeness (QED) is 0.0347. The first-order valence-corrected chi connectivity index (χ1v) is 19.6. The van der Waals surface area contributed by atoms with Gasteiger partial charge in [-0.2, -0.15) is 0 Å². The van der Waals surface area contributed by atoms with Gasteiger partial charge in [0.2, 0.25) is 0 Å². The van der Waals surface area contributed by atoms with Crippen LogP contribution in [0.1, 0.15) is 187 Å². The standard InChI is InChI=1S/C37H75NO3P/c1-6-8-10-12-14-16-18-19-20-21-22-24-26-28-30-32-35(39)34(37(41)42-36(40)33-38(3,4)5)31-29-27-25-23-17-15-13-11-9-7-2/h34,36,40,42H,6-33H2,1-5H3/q+1. The minimum atomic E-state index is -0.647. The number of nitrogens with zero attached hydrogens (tertiary/aromatic N) is 1. The van der Waals surface area contributed by atoms with Gasteiger partial charge < -0.3 is 9.59 Å². The van der Waals surface area contributed by atoms with E-state index in [9.17, 15) is 14.7 Å². The Balaban J connectivity index is 4.21. The van der Waals surface area contributed by atoms with Crippen molar-refractivity contribution in [1.82, 2.24) is 0 Å². The van der Waals surface area contributed by atoms with Crippen molar-refractivity contribution >= 4 is 19.9 Å². The van der Waals surface area contributed by atoms with E-state index < -0.39 is 11.8 Å². The van der Waals surface area contributed by atoms with Crippen LogP contribution in [-0.2, 0) is 9.59 Å². The van der Waals surface area contributed by atoms with Crippen LogP contribution in [0.15, 0.2) is 0 Å². The summed E-state index contributed by atoms with van der Waals surface area (Å²) in [5.74, 6) is -1.01. The molecular formula is C37H75NO3P+. The van der Waals surface area contributed by atoms with Crippen LogP contribution < -0.4 is 0 Å². The molecule has 0 bridgehead atoms. The lowest BCUT2D eigenvalue weighted by atomic mass is 9.93. The first-order chi connectivity index (χ1) is 20.2. The van der Waals surface area contributed by atoms with Gasteiger partial charge in [0.15, 0.2) is 5.52 Å². The molecule has 5 heteroatoms. The largest absolute Gasteiger partial charge is 0.383 e. The molecule has 1 N–H and O–H groups in total. The molecule has 0 spiro atoms. The molecule has 0 aliphatic carbocycles. The zero-order chi connectivity index (χ0) is 31.3. The monoisotopic (exact) mass is 613 g/mol. The van der Waals surface area contributed by atoms with E-state index in [0.717, 1.165) is 25.7 Å². The Bertz CT molecular complexity index is 619. The van der Waals surface area contributed by atoms with Crippen LogP contribution in [0.2, 0.25) is 0 Å². The number of ketones is 1. The van der Waals surface area contributed by atoms with Crippen molar-refractivity contribution in [3.8, 4) is 0 Å². The maximum atomic E-state index is 13.2. The molecule has 42 heavy (non-hydrogen) atoms. The number of carbonyl (C=O) groups excluding carboxylic acids is 2. The van der Waals surface area contributed by atoms with Gasteiger partial charge in [-0.3, -0.25) is 9.59 Å². The second-order valence-electron chi connectivity index (χ2n) is 14.2. The molecule has 3 atom stereocenters. The zero-order valence-electron chi connectivity index (χ0n) is 29.2. The fraction of sp³-hybridized carbons (Fsp3) is 0.946. The lowest BCUT2D eigenvalue weighted by Crippen LogP contribution is -2.40. The Kier molecular flexibility index (Phi) is 29.2. The number of aliphatic hydroxyl groups is 1. The molecule has 0 aliphatic rings. The van der Waals surface area contributed by atoms with Gasteiger partial charge in [0, 0.05) is 6.42 Å². The summed E-state index contributed by atoms with van der Waals surface area (Å²) >= 11 is 0. The summed E-state index contributed by atoms with van der Waals surface area (Å²) < 4.78 is 0.623. The van der Waals surface area contributed by atoms with Gasteiger partial charge in [0.1, 0.15) is 18.2 Å². The third-order valence-corrected chi connectivity index (χ3v) is 9.76. The zero-order valence-corrected chi connectivity index (χ0v) is 30.2. The highest BCUT2D eigenvalue weighted by molar-refractivity contribution is 7.58. The van der Waals surface area contributed by atoms with E-state index in [0.29, 0.717) is 23.9 Å². The number of unbranched alkanes of at least 4 members (excludes halogenated alkanes) is 23. The molecule has 0 fully saturated rings. The Labute approximate surface area is 265 Å². The first-order valence-electron chi connectivity index (χ1n) is 18.5. The summed E-state index contributed by atoms with van der Waals surface area (Å²) in [7, 11) is 5.91. The van der Waals surface area contributed by atoms with Crippen LogP contribution in [0.25, 0.3) is 0 Å². The molecule has 0 rings (SSSR count). The van der Waals surface area contributed by atoms with Crippen molar-refractivity contribution in [2.75, 3.05) is 27.7 Å². The molecule has 0 saturated heterocycles. The van der Waals surface area contributed by atoms with Crippen molar-refractivity contribution in [2.24, 2.45) is 5.92 Å². The van der Waals surface area contributed by atoms with Crippen LogP contribution >= 0.6 is 8.58 Å². The lowest BCUT2D eigenvalue weighted by Gasteiger charge is -2.27. The molecule has 3 unspecified atom stereocenters. The summed E-state index contributed by atoms with van der Waals surface area (Å²) in [6, 6.07) is 0. The van der Waals surface area contributed by atoms with Gasteiger partial charge in [0.05, 0.1) is 27.1 Å². The summed E-state index contributed by atoms with van der Waals surface area (Å²) in [6.07, 6.45) is 33.4. The Morgan fingerprint density at radius 1 is 0.548 bits per heavy atom. The number of likely N-dealkylation sites (N-methyl/N-ethyl adjacent to an activating group) is 1. The number of Topliss-reactive ketones (excluding diaryl/α,β-unsaturated/α-hetero) is 1. The normalized spacial score (nSPS) is 13.7. The molecule has 0 heterocycles. The molecule has 0 aromatic rings.